The number of nitrogens with zero attached hydrogens (tertiary/aromatic N) is 1. The van der Waals surface area contributed by atoms with Crippen molar-refractivity contribution >= 4 is 0 Å². The minimum Gasteiger partial charge on any atom is -0.310 e. The van der Waals surface area contributed by atoms with Gasteiger partial charge in [0, 0.05) is 29.9 Å². The number of hydrogen-bond donors (Lipinski definition) is 1. The lowest BCUT2D eigenvalue weighted by Crippen LogP contribution is -2.27. The first-order valence-electron chi connectivity index (χ1n) is 6.83. The second-order valence-electron chi connectivity index (χ2n) is 4.87. The van der Waals surface area contributed by atoms with Crippen molar-refractivity contribution < 1.29 is 13.2 Å². The number of hydrogen-bond acceptors (Lipinski definition) is 2. The Labute approximate surface area is 122 Å². The fourth-order valence-electron chi connectivity index (χ4n) is 2.42. The molecule has 21 heavy (non-hydrogen) atoms. The molecule has 2 unspecified atom stereocenters. The monoisotopic (exact) mass is 294 g/mol. The van der Waals surface area contributed by atoms with E-state index in [0.717, 1.165) is 11.6 Å². The molecule has 2 atom stereocenters. The molecule has 0 bridgehead atoms. The van der Waals surface area contributed by atoms with Gasteiger partial charge in [0.2, 0.25) is 0 Å². The van der Waals surface area contributed by atoms with Gasteiger partial charge in [0.15, 0.2) is 17.5 Å². The van der Waals surface area contributed by atoms with Crippen LogP contribution in [0, 0.1) is 17.5 Å². The molecule has 1 aromatic carbocycles. The minimum absolute atomic E-state index is 0.118. The molecule has 1 aromatic heterocycles. The van der Waals surface area contributed by atoms with Crippen LogP contribution in [0.15, 0.2) is 36.7 Å². The van der Waals surface area contributed by atoms with Crippen molar-refractivity contribution in [2.75, 3.05) is 6.54 Å². The summed E-state index contributed by atoms with van der Waals surface area (Å²) in [7, 11) is 0. The average molecular weight is 294 g/mol. The van der Waals surface area contributed by atoms with E-state index >= 15 is 0 Å². The first-order valence-corrected chi connectivity index (χ1v) is 6.83. The van der Waals surface area contributed by atoms with E-state index in [0.29, 0.717) is 6.54 Å². The van der Waals surface area contributed by atoms with Crippen LogP contribution in [0.4, 0.5) is 13.2 Å². The van der Waals surface area contributed by atoms with Gasteiger partial charge in [-0.25, -0.2) is 13.2 Å². The third-order valence-corrected chi connectivity index (χ3v) is 3.56. The molecule has 1 heterocycles. The van der Waals surface area contributed by atoms with Crippen LogP contribution < -0.4 is 5.32 Å². The highest BCUT2D eigenvalue weighted by atomic mass is 19.2. The number of likely N-dealkylation sites (N-methyl/N-ethyl adjacent to an activating group) is 1. The van der Waals surface area contributed by atoms with Crippen molar-refractivity contribution in [3.63, 3.8) is 0 Å². The molecule has 0 saturated heterocycles. The summed E-state index contributed by atoms with van der Waals surface area (Å²) in [5, 5.41) is 3.14. The number of pyridine rings is 1. The van der Waals surface area contributed by atoms with E-state index < -0.39 is 23.5 Å². The van der Waals surface area contributed by atoms with E-state index in [1.54, 1.807) is 12.4 Å². The molecule has 0 amide bonds. The highest BCUT2D eigenvalue weighted by Crippen LogP contribution is 2.32. The summed E-state index contributed by atoms with van der Waals surface area (Å²) in [5.41, 5.74) is 1.07. The Balaban J connectivity index is 2.42. The maximum absolute atomic E-state index is 14.0. The van der Waals surface area contributed by atoms with E-state index in [1.165, 1.54) is 6.07 Å². The Morgan fingerprint density at radius 1 is 1.05 bits per heavy atom. The van der Waals surface area contributed by atoms with Crippen LogP contribution in [0.25, 0.3) is 0 Å². The first-order chi connectivity index (χ1) is 10.1. The Bertz CT molecular complexity index is 602. The Hall–Kier alpha value is -1.88. The molecule has 0 saturated carbocycles. The topological polar surface area (TPSA) is 24.9 Å². The molecule has 2 aromatic rings. The standard InChI is InChI=1S/C16H17F3N2/c1-3-21-16(10(2)11-6-8-20-9-7-11)12-4-5-13(17)15(19)14(12)18/h4-10,16,21H,3H2,1-2H3. The SMILES string of the molecule is CCNC(c1ccc(F)c(F)c1F)C(C)c1ccncc1. The molecule has 0 aliphatic heterocycles. The van der Waals surface area contributed by atoms with Crippen LogP contribution >= 0.6 is 0 Å². The molecule has 0 fully saturated rings. The van der Waals surface area contributed by atoms with Crippen LogP contribution in [-0.2, 0) is 0 Å². The van der Waals surface area contributed by atoms with Gasteiger partial charge in [-0.1, -0.05) is 19.9 Å². The van der Waals surface area contributed by atoms with Crippen LogP contribution in [0.2, 0.25) is 0 Å². The van der Waals surface area contributed by atoms with Gasteiger partial charge in [-0.2, -0.15) is 0 Å². The van der Waals surface area contributed by atoms with Gasteiger partial charge in [-0.05, 0) is 30.3 Å². The van der Waals surface area contributed by atoms with Crippen molar-refractivity contribution in [2.24, 2.45) is 0 Å². The zero-order valence-electron chi connectivity index (χ0n) is 11.9. The predicted octanol–water partition coefficient (Wildman–Crippen LogP) is 3.95. The highest BCUT2D eigenvalue weighted by Gasteiger charge is 2.25. The third kappa shape index (κ3) is 3.24. The first kappa shape index (κ1) is 15.5. The molecule has 112 valence electrons. The summed E-state index contributed by atoms with van der Waals surface area (Å²) in [6.45, 7) is 4.37. The third-order valence-electron chi connectivity index (χ3n) is 3.56. The lowest BCUT2D eigenvalue weighted by Gasteiger charge is -2.26. The van der Waals surface area contributed by atoms with Gasteiger partial charge in [0.1, 0.15) is 0 Å². The summed E-state index contributed by atoms with van der Waals surface area (Å²) < 4.78 is 40.6. The van der Waals surface area contributed by atoms with E-state index in [4.69, 9.17) is 0 Å². The Morgan fingerprint density at radius 2 is 1.71 bits per heavy atom. The number of benzene rings is 1. The van der Waals surface area contributed by atoms with Crippen molar-refractivity contribution in [3.8, 4) is 0 Å². The largest absolute Gasteiger partial charge is 0.310 e. The number of nitrogens with one attached hydrogen (secondary N) is 1. The summed E-state index contributed by atoms with van der Waals surface area (Å²) >= 11 is 0. The van der Waals surface area contributed by atoms with Gasteiger partial charge in [0.05, 0.1) is 0 Å². The van der Waals surface area contributed by atoms with Crippen LogP contribution in [0.1, 0.15) is 36.9 Å². The second kappa shape index (κ2) is 6.72. The minimum atomic E-state index is -1.43. The lowest BCUT2D eigenvalue weighted by molar-refractivity contribution is 0.410. The molecular formula is C16H17F3N2. The molecule has 2 rings (SSSR count). The molecular weight excluding hydrogens is 277 g/mol. The summed E-state index contributed by atoms with van der Waals surface area (Å²) in [6.07, 6.45) is 3.30. The fourth-order valence-corrected chi connectivity index (χ4v) is 2.42. The second-order valence-corrected chi connectivity index (χ2v) is 4.87. The summed E-state index contributed by atoms with van der Waals surface area (Å²) in [4.78, 5) is 3.95. The van der Waals surface area contributed by atoms with Crippen LogP contribution in [0.5, 0.6) is 0 Å². The number of rotatable bonds is 5. The molecule has 2 nitrogen and oxygen atoms in total. The summed E-state index contributed by atoms with van der Waals surface area (Å²) in [5.74, 6) is -3.87. The van der Waals surface area contributed by atoms with Crippen LogP contribution in [0.3, 0.4) is 0 Å². The zero-order valence-corrected chi connectivity index (χ0v) is 11.9. The van der Waals surface area contributed by atoms with E-state index in [-0.39, 0.29) is 11.5 Å². The van der Waals surface area contributed by atoms with Gasteiger partial charge in [-0.3, -0.25) is 4.98 Å². The van der Waals surface area contributed by atoms with E-state index in [1.807, 2.05) is 26.0 Å². The van der Waals surface area contributed by atoms with Crippen molar-refractivity contribution in [1.82, 2.24) is 10.3 Å². The molecule has 5 heteroatoms. The van der Waals surface area contributed by atoms with Gasteiger partial charge < -0.3 is 5.32 Å². The predicted molar refractivity (Wildman–Crippen MR) is 75.4 cm³/mol. The Morgan fingerprint density at radius 3 is 2.33 bits per heavy atom. The van der Waals surface area contributed by atoms with Crippen LogP contribution in [-0.4, -0.2) is 11.5 Å². The van der Waals surface area contributed by atoms with Crippen molar-refractivity contribution in [2.45, 2.75) is 25.8 Å². The van der Waals surface area contributed by atoms with E-state index in [2.05, 4.69) is 10.3 Å². The quantitative estimate of drug-likeness (QED) is 0.845. The molecule has 0 radical (unpaired) electrons. The lowest BCUT2D eigenvalue weighted by atomic mass is 9.88. The van der Waals surface area contributed by atoms with Gasteiger partial charge >= 0.3 is 0 Å². The number of halogens is 3. The van der Waals surface area contributed by atoms with E-state index in [9.17, 15) is 13.2 Å². The average Bonchev–Trinajstić information content (AvgIpc) is 2.51. The molecule has 0 aliphatic rings. The van der Waals surface area contributed by atoms with Crippen molar-refractivity contribution in [1.29, 1.82) is 0 Å². The highest BCUT2D eigenvalue weighted by molar-refractivity contribution is 5.29. The molecule has 0 aliphatic carbocycles. The van der Waals surface area contributed by atoms with Crippen molar-refractivity contribution in [3.05, 3.63) is 65.2 Å². The fraction of sp³-hybridized carbons (Fsp3) is 0.312. The number of aromatic nitrogens is 1. The van der Waals surface area contributed by atoms with Gasteiger partial charge in [-0.15, -0.1) is 0 Å². The molecule has 0 spiro atoms. The normalized spacial score (nSPS) is 14.0. The molecule has 1 N–H and O–H groups in total. The maximum atomic E-state index is 14.0. The smallest absolute Gasteiger partial charge is 0.194 e. The van der Waals surface area contributed by atoms with Gasteiger partial charge in [0.25, 0.3) is 0 Å². The summed E-state index contributed by atoms with van der Waals surface area (Å²) in [6, 6.07) is 5.45. The zero-order chi connectivity index (χ0) is 15.4. The Kier molecular flexibility index (Phi) is 4.96. The maximum Gasteiger partial charge on any atom is 0.194 e.